The van der Waals surface area contributed by atoms with Crippen molar-refractivity contribution in [1.82, 2.24) is 15.2 Å². The van der Waals surface area contributed by atoms with Crippen molar-refractivity contribution in [2.24, 2.45) is 0 Å². The summed E-state index contributed by atoms with van der Waals surface area (Å²) in [6.45, 7) is 2.15. The number of hydrogen-bond acceptors (Lipinski definition) is 6. The van der Waals surface area contributed by atoms with Gasteiger partial charge in [0, 0.05) is 0 Å². The fourth-order valence-corrected chi connectivity index (χ4v) is 2.70. The van der Waals surface area contributed by atoms with Gasteiger partial charge in [-0.05, 0) is 24.6 Å². The van der Waals surface area contributed by atoms with E-state index in [0.29, 0.717) is 17.7 Å². The van der Waals surface area contributed by atoms with Crippen LogP contribution in [0.15, 0.2) is 24.3 Å². The van der Waals surface area contributed by atoms with Gasteiger partial charge in [0.15, 0.2) is 0 Å². The molecular formula is C12H13N5O3S. The van der Waals surface area contributed by atoms with Gasteiger partial charge < -0.3 is 4.74 Å². The fraction of sp³-hybridized carbons (Fsp3) is 0.250. The molecule has 21 heavy (non-hydrogen) atoms. The van der Waals surface area contributed by atoms with Crippen molar-refractivity contribution < 1.29 is 13.2 Å². The molecule has 0 saturated heterocycles. The Hall–Kier alpha value is -2.60. The number of nitriles is 1. The molecule has 1 aromatic carbocycles. The summed E-state index contributed by atoms with van der Waals surface area (Å²) in [6.07, 6.45) is 0. The number of benzene rings is 1. The molecule has 1 heterocycles. The van der Waals surface area contributed by atoms with Crippen LogP contribution in [0.25, 0.3) is 0 Å². The van der Waals surface area contributed by atoms with E-state index < -0.39 is 10.0 Å². The van der Waals surface area contributed by atoms with Crippen molar-refractivity contribution in [3.8, 4) is 12.1 Å². The summed E-state index contributed by atoms with van der Waals surface area (Å²) in [7, 11) is -3.66. The third kappa shape index (κ3) is 4.19. The van der Waals surface area contributed by atoms with Gasteiger partial charge in [-0.1, -0.05) is 12.1 Å². The van der Waals surface area contributed by atoms with Gasteiger partial charge in [0.25, 0.3) is 0 Å². The maximum absolute atomic E-state index is 12.0. The lowest BCUT2D eigenvalue weighted by molar-refractivity contribution is 0.314. The maximum Gasteiger partial charge on any atom is 0.337 e. The zero-order valence-corrected chi connectivity index (χ0v) is 12.0. The normalized spacial score (nSPS) is 10.9. The monoisotopic (exact) mass is 307 g/mol. The summed E-state index contributed by atoms with van der Waals surface area (Å²) in [5.41, 5.74) is 0.909. The first kappa shape index (κ1) is 14.8. The highest BCUT2D eigenvalue weighted by atomic mass is 32.2. The second-order valence-corrected chi connectivity index (χ2v) is 5.80. The summed E-state index contributed by atoms with van der Waals surface area (Å²) in [5.74, 6) is -0.289. The first-order valence-corrected chi connectivity index (χ1v) is 7.72. The zero-order chi connectivity index (χ0) is 15.3. The van der Waals surface area contributed by atoms with E-state index >= 15 is 0 Å². The molecule has 0 atom stereocenters. The van der Waals surface area contributed by atoms with Crippen molar-refractivity contribution in [3.05, 3.63) is 35.4 Å². The number of aromatic nitrogens is 3. The lowest BCUT2D eigenvalue weighted by Crippen LogP contribution is -2.16. The Balaban J connectivity index is 2.09. The number of aromatic amines is 1. The quantitative estimate of drug-likeness (QED) is 0.821. The zero-order valence-electron chi connectivity index (χ0n) is 11.2. The van der Waals surface area contributed by atoms with E-state index in [1.807, 2.05) is 6.07 Å². The molecule has 0 amide bonds. The van der Waals surface area contributed by atoms with Gasteiger partial charge in [0.05, 0.1) is 24.0 Å². The Morgan fingerprint density at radius 2 is 2.29 bits per heavy atom. The van der Waals surface area contributed by atoms with Crippen LogP contribution in [0, 0.1) is 11.3 Å². The minimum Gasteiger partial charge on any atom is -0.463 e. The molecule has 0 aliphatic carbocycles. The SMILES string of the molecule is CCOc1n[nH]c(NS(=O)(=O)Cc2cccc(C#N)c2)n1. The molecule has 0 radical (unpaired) electrons. The van der Waals surface area contributed by atoms with Crippen LogP contribution in [-0.2, 0) is 15.8 Å². The number of H-pyrrole nitrogens is 1. The van der Waals surface area contributed by atoms with Crippen LogP contribution in [-0.4, -0.2) is 30.2 Å². The summed E-state index contributed by atoms with van der Waals surface area (Å²) in [4.78, 5) is 3.83. The van der Waals surface area contributed by atoms with E-state index in [2.05, 4.69) is 19.9 Å². The van der Waals surface area contributed by atoms with Gasteiger partial charge in [-0.15, -0.1) is 5.10 Å². The van der Waals surface area contributed by atoms with Crippen molar-refractivity contribution in [1.29, 1.82) is 5.26 Å². The number of nitrogens with one attached hydrogen (secondary N) is 2. The smallest absolute Gasteiger partial charge is 0.337 e. The molecule has 2 N–H and O–H groups in total. The molecule has 0 saturated carbocycles. The molecule has 0 unspecified atom stereocenters. The highest BCUT2D eigenvalue weighted by molar-refractivity contribution is 7.91. The van der Waals surface area contributed by atoms with Gasteiger partial charge in [-0.3, -0.25) is 4.72 Å². The molecule has 8 nitrogen and oxygen atoms in total. The van der Waals surface area contributed by atoms with Crippen LogP contribution in [0.1, 0.15) is 18.1 Å². The second-order valence-electron chi connectivity index (χ2n) is 4.07. The molecule has 0 bridgehead atoms. The molecule has 1 aromatic heterocycles. The predicted molar refractivity (Wildman–Crippen MR) is 75.0 cm³/mol. The second kappa shape index (κ2) is 6.23. The van der Waals surface area contributed by atoms with Gasteiger partial charge >= 0.3 is 6.01 Å². The van der Waals surface area contributed by atoms with Crippen LogP contribution in [0.3, 0.4) is 0 Å². The number of hydrogen-bond donors (Lipinski definition) is 2. The topological polar surface area (TPSA) is 121 Å². The third-order valence-corrected chi connectivity index (χ3v) is 3.62. The molecule has 2 aromatic rings. The van der Waals surface area contributed by atoms with E-state index in [0.717, 1.165) is 0 Å². The minimum atomic E-state index is -3.66. The van der Waals surface area contributed by atoms with Crippen molar-refractivity contribution in [3.63, 3.8) is 0 Å². The standard InChI is InChI=1S/C12H13N5O3S/c1-2-20-12-14-11(15-16-12)17-21(18,19)8-10-5-3-4-9(6-10)7-13/h3-6H,2,8H2,1H3,(H2,14,15,16,17). The first-order valence-electron chi connectivity index (χ1n) is 6.07. The molecule has 0 aliphatic heterocycles. The lowest BCUT2D eigenvalue weighted by atomic mass is 10.2. The number of rotatable bonds is 6. The summed E-state index contributed by atoms with van der Waals surface area (Å²) in [5, 5.41) is 14.9. The fourth-order valence-electron chi connectivity index (χ4n) is 1.62. The lowest BCUT2D eigenvalue weighted by Gasteiger charge is -2.05. The average molecular weight is 307 g/mol. The van der Waals surface area contributed by atoms with Crippen molar-refractivity contribution in [2.75, 3.05) is 11.3 Å². The largest absolute Gasteiger partial charge is 0.463 e. The Kier molecular flexibility index (Phi) is 4.39. The highest BCUT2D eigenvalue weighted by Gasteiger charge is 2.15. The first-order chi connectivity index (χ1) is 10.0. The molecule has 9 heteroatoms. The maximum atomic E-state index is 12.0. The van der Waals surface area contributed by atoms with Crippen LogP contribution >= 0.6 is 0 Å². The summed E-state index contributed by atoms with van der Waals surface area (Å²) in [6, 6.07) is 8.42. The number of nitrogens with zero attached hydrogens (tertiary/aromatic N) is 3. The number of sulfonamides is 1. The van der Waals surface area contributed by atoms with Gasteiger partial charge in [0.2, 0.25) is 16.0 Å². The van der Waals surface area contributed by atoms with E-state index in [4.69, 9.17) is 10.00 Å². The van der Waals surface area contributed by atoms with Crippen LogP contribution < -0.4 is 9.46 Å². The van der Waals surface area contributed by atoms with Gasteiger partial charge in [-0.25, -0.2) is 13.5 Å². The predicted octanol–water partition coefficient (Wildman–Crippen LogP) is 1.02. The van der Waals surface area contributed by atoms with Gasteiger partial charge in [0.1, 0.15) is 0 Å². The van der Waals surface area contributed by atoms with Crippen molar-refractivity contribution >= 4 is 16.0 Å². The number of ether oxygens (including phenoxy) is 1. The molecular weight excluding hydrogens is 294 g/mol. The Morgan fingerprint density at radius 3 is 3.00 bits per heavy atom. The Bertz CT molecular complexity index is 763. The summed E-state index contributed by atoms with van der Waals surface area (Å²) >= 11 is 0. The van der Waals surface area contributed by atoms with Crippen LogP contribution in [0.5, 0.6) is 6.01 Å². The van der Waals surface area contributed by atoms with E-state index in [1.54, 1.807) is 25.1 Å². The van der Waals surface area contributed by atoms with E-state index in [1.165, 1.54) is 6.07 Å². The molecule has 2 rings (SSSR count). The van der Waals surface area contributed by atoms with Crippen LogP contribution in [0.2, 0.25) is 0 Å². The molecule has 0 spiro atoms. The highest BCUT2D eigenvalue weighted by Crippen LogP contribution is 2.12. The third-order valence-electron chi connectivity index (χ3n) is 2.40. The minimum absolute atomic E-state index is 0.0186. The van der Waals surface area contributed by atoms with E-state index in [-0.39, 0.29) is 17.7 Å². The van der Waals surface area contributed by atoms with Gasteiger partial charge in [-0.2, -0.15) is 10.2 Å². The number of anilines is 1. The summed E-state index contributed by atoms with van der Waals surface area (Å²) < 4.78 is 31.3. The average Bonchev–Trinajstić information content (AvgIpc) is 2.85. The molecule has 110 valence electrons. The van der Waals surface area contributed by atoms with Crippen LogP contribution in [0.4, 0.5) is 5.95 Å². The van der Waals surface area contributed by atoms with E-state index in [9.17, 15) is 8.42 Å². The Labute approximate surface area is 121 Å². The Morgan fingerprint density at radius 1 is 1.48 bits per heavy atom. The molecule has 0 aliphatic rings. The van der Waals surface area contributed by atoms with Crippen molar-refractivity contribution in [2.45, 2.75) is 12.7 Å². The molecule has 0 fully saturated rings.